The highest BCUT2D eigenvalue weighted by atomic mass is 16.1. The normalized spacial score (nSPS) is 35.7. The summed E-state index contributed by atoms with van der Waals surface area (Å²) < 4.78 is 0. The van der Waals surface area contributed by atoms with E-state index in [1.165, 1.54) is 68.1 Å². The first-order valence-corrected chi connectivity index (χ1v) is 15.9. The highest BCUT2D eigenvalue weighted by Gasteiger charge is 2.62. The standard InChI is InChI=1S/C35H44O.C2H6/c1-34-23-10-9-16-27(34)19-21-30-31-22-20-28(35(31,2)33(36)24-32(30)34)17-11-18-29(25-12-5-3-6-13-25)26-14-7-4-8-15-26;1-2/h3-8,12-15,18,27-28,30-32H,9-11,16-17,19-24H2,1-2H3;1-2H3. The zero-order valence-electron chi connectivity index (χ0n) is 24.4. The number of carbonyl (C=O) groups is 1. The number of hydrogen-bond donors (Lipinski definition) is 0. The number of fused-ring (bicyclic) bond motifs is 5. The molecule has 0 amide bonds. The van der Waals surface area contributed by atoms with Crippen molar-refractivity contribution in [2.75, 3.05) is 0 Å². The van der Waals surface area contributed by atoms with Gasteiger partial charge in [0.05, 0.1) is 0 Å². The second kappa shape index (κ2) is 11.5. The Balaban J connectivity index is 0.00000144. The molecule has 7 atom stereocenters. The Morgan fingerprint density at radius 1 is 0.816 bits per heavy atom. The van der Waals surface area contributed by atoms with Gasteiger partial charge in [0.1, 0.15) is 5.78 Å². The molecule has 4 fully saturated rings. The summed E-state index contributed by atoms with van der Waals surface area (Å²) in [5, 5.41) is 0. The van der Waals surface area contributed by atoms with Crippen molar-refractivity contribution in [1.29, 1.82) is 0 Å². The SMILES string of the molecule is CC.CC12CCCCC1CCC1C2CC(=O)C2(C)C(CCC=C(c3ccccc3)c3ccccc3)CCC12. The van der Waals surface area contributed by atoms with Crippen LogP contribution in [0.2, 0.25) is 0 Å². The smallest absolute Gasteiger partial charge is 0.139 e. The highest BCUT2D eigenvalue weighted by molar-refractivity contribution is 5.87. The van der Waals surface area contributed by atoms with E-state index in [0.29, 0.717) is 29.0 Å². The molecule has 4 aliphatic rings. The van der Waals surface area contributed by atoms with E-state index in [0.717, 1.165) is 31.1 Å². The Kier molecular flexibility index (Phi) is 8.32. The molecule has 1 heteroatoms. The zero-order chi connectivity index (χ0) is 26.8. The molecule has 38 heavy (non-hydrogen) atoms. The molecule has 0 heterocycles. The summed E-state index contributed by atoms with van der Waals surface area (Å²) in [4.78, 5) is 14.0. The quantitative estimate of drug-likeness (QED) is 0.391. The second-order valence-electron chi connectivity index (χ2n) is 13.0. The number of carbonyl (C=O) groups excluding carboxylic acids is 1. The van der Waals surface area contributed by atoms with Crippen LogP contribution in [-0.4, -0.2) is 5.78 Å². The van der Waals surface area contributed by atoms with Crippen LogP contribution >= 0.6 is 0 Å². The number of Topliss-reactive ketones (excluding diaryl/α,β-unsaturated/α-hetero) is 1. The molecule has 2 aromatic carbocycles. The predicted octanol–water partition coefficient (Wildman–Crippen LogP) is 10.2. The van der Waals surface area contributed by atoms with E-state index in [1.807, 2.05) is 13.8 Å². The Morgan fingerprint density at radius 3 is 2.13 bits per heavy atom. The van der Waals surface area contributed by atoms with Gasteiger partial charge in [0.2, 0.25) is 0 Å². The minimum absolute atomic E-state index is 0.0907. The summed E-state index contributed by atoms with van der Waals surface area (Å²) in [7, 11) is 0. The van der Waals surface area contributed by atoms with Crippen molar-refractivity contribution in [3.8, 4) is 0 Å². The number of benzene rings is 2. The van der Waals surface area contributed by atoms with Gasteiger partial charge in [-0.3, -0.25) is 4.79 Å². The summed E-state index contributed by atoms with van der Waals surface area (Å²) in [6, 6.07) is 21.6. The third-order valence-corrected chi connectivity index (χ3v) is 11.7. The van der Waals surface area contributed by atoms with E-state index in [1.54, 1.807) is 0 Å². The molecule has 204 valence electrons. The van der Waals surface area contributed by atoms with Crippen LogP contribution in [0.25, 0.3) is 5.57 Å². The molecule has 7 unspecified atom stereocenters. The molecule has 0 spiro atoms. The van der Waals surface area contributed by atoms with Crippen LogP contribution in [0.1, 0.15) is 109 Å². The molecule has 4 aliphatic carbocycles. The average Bonchev–Trinajstić information content (AvgIpc) is 3.31. The van der Waals surface area contributed by atoms with Crippen molar-refractivity contribution in [3.63, 3.8) is 0 Å². The fourth-order valence-corrected chi connectivity index (χ4v) is 9.65. The summed E-state index contributed by atoms with van der Waals surface area (Å²) in [5.74, 6) is 4.11. The minimum atomic E-state index is -0.0907. The second-order valence-corrected chi connectivity index (χ2v) is 13.0. The Bertz CT molecular complexity index is 1060. The van der Waals surface area contributed by atoms with Gasteiger partial charge in [0.25, 0.3) is 0 Å². The van der Waals surface area contributed by atoms with Crippen LogP contribution in [0.5, 0.6) is 0 Å². The minimum Gasteiger partial charge on any atom is -0.299 e. The first-order valence-electron chi connectivity index (χ1n) is 15.9. The maximum Gasteiger partial charge on any atom is 0.139 e. The average molecular weight is 511 g/mol. The molecular weight excluding hydrogens is 460 g/mol. The number of ketones is 1. The van der Waals surface area contributed by atoms with Crippen LogP contribution < -0.4 is 0 Å². The van der Waals surface area contributed by atoms with E-state index in [-0.39, 0.29) is 5.41 Å². The van der Waals surface area contributed by atoms with E-state index in [9.17, 15) is 4.79 Å². The van der Waals surface area contributed by atoms with Gasteiger partial charge in [-0.15, -0.1) is 0 Å². The summed E-state index contributed by atoms with van der Waals surface area (Å²) in [5.41, 5.74) is 4.24. The highest BCUT2D eigenvalue weighted by Crippen LogP contribution is 2.66. The van der Waals surface area contributed by atoms with Gasteiger partial charge in [0.15, 0.2) is 0 Å². The molecule has 0 saturated heterocycles. The van der Waals surface area contributed by atoms with E-state index >= 15 is 0 Å². The fraction of sp³-hybridized carbons (Fsp3) is 0.595. The summed E-state index contributed by atoms with van der Waals surface area (Å²) in [6.45, 7) is 8.97. The van der Waals surface area contributed by atoms with E-state index < -0.39 is 0 Å². The van der Waals surface area contributed by atoms with Crippen LogP contribution in [0.4, 0.5) is 0 Å². The maximum absolute atomic E-state index is 14.0. The third kappa shape index (κ3) is 4.73. The molecule has 0 radical (unpaired) electrons. The molecule has 0 bridgehead atoms. The molecule has 4 saturated carbocycles. The van der Waals surface area contributed by atoms with E-state index in [2.05, 4.69) is 80.6 Å². The van der Waals surface area contributed by atoms with Crippen LogP contribution in [0, 0.1) is 40.4 Å². The predicted molar refractivity (Wildman–Crippen MR) is 161 cm³/mol. The monoisotopic (exact) mass is 510 g/mol. The van der Waals surface area contributed by atoms with Crippen molar-refractivity contribution < 1.29 is 4.79 Å². The van der Waals surface area contributed by atoms with Crippen LogP contribution in [0.15, 0.2) is 66.7 Å². The van der Waals surface area contributed by atoms with Crippen molar-refractivity contribution in [2.24, 2.45) is 40.4 Å². The van der Waals surface area contributed by atoms with E-state index in [4.69, 9.17) is 0 Å². The first kappa shape index (κ1) is 27.4. The van der Waals surface area contributed by atoms with Crippen molar-refractivity contribution in [3.05, 3.63) is 77.9 Å². The zero-order valence-corrected chi connectivity index (χ0v) is 24.4. The van der Waals surface area contributed by atoms with Crippen LogP contribution in [-0.2, 0) is 4.79 Å². The van der Waals surface area contributed by atoms with Crippen molar-refractivity contribution in [1.82, 2.24) is 0 Å². The van der Waals surface area contributed by atoms with Crippen molar-refractivity contribution >= 4 is 11.4 Å². The Labute approximate surface area is 232 Å². The number of allylic oxidation sites excluding steroid dienone is 1. The van der Waals surface area contributed by atoms with Gasteiger partial charge in [-0.1, -0.05) is 107 Å². The lowest BCUT2D eigenvalue weighted by Gasteiger charge is -2.59. The largest absolute Gasteiger partial charge is 0.299 e. The Hall–Kier alpha value is -2.15. The summed E-state index contributed by atoms with van der Waals surface area (Å²) in [6.07, 6.45) is 16.4. The van der Waals surface area contributed by atoms with Crippen molar-refractivity contribution in [2.45, 2.75) is 98.3 Å². The van der Waals surface area contributed by atoms with Gasteiger partial charge in [-0.25, -0.2) is 0 Å². The lowest BCUT2D eigenvalue weighted by atomic mass is 9.44. The topological polar surface area (TPSA) is 17.1 Å². The molecule has 0 N–H and O–H groups in total. The van der Waals surface area contributed by atoms with Gasteiger partial charge < -0.3 is 0 Å². The van der Waals surface area contributed by atoms with Crippen LogP contribution in [0.3, 0.4) is 0 Å². The molecule has 0 aliphatic heterocycles. The molecule has 6 rings (SSSR count). The Morgan fingerprint density at radius 2 is 1.47 bits per heavy atom. The lowest BCUT2D eigenvalue weighted by molar-refractivity contribution is -0.156. The fourth-order valence-electron chi connectivity index (χ4n) is 9.65. The van der Waals surface area contributed by atoms with Gasteiger partial charge in [-0.05, 0) is 103 Å². The van der Waals surface area contributed by atoms with Gasteiger partial charge in [0, 0.05) is 11.8 Å². The van der Waals surface area contributed by atoms with Gasteiger partial charge >= 0.3 is 0 Å². The molecular formula is C37H50O. The number of hydrogen-bond acceptors (Lipinski definition) is 1. The molecule has 1 nitrogen and oxygen atoms in total. The number of rotatable bonds is 5. The first-order chi connectivity index (χ1) is 18.5. The maximum atomic E-state index is 14.0. The summed E-state index contributed by atoms with van der Waals surface area (Å²) >= 11 is 0. The third-order valence-electron chi connectivity index (χ3n) is 11.7. The van der Waals surface area contributed by atoms with Gasteiger partial charge in [-0.2, -0.15) is 0 Å². The molecule has 0 aromatic heterocycles. The molecule has 2 aromatic rings. The lowest BCUT2D eigenvalue weighted by Crippen LogP contribution is -2.56.